The third-order valence-corrected chi connectivity index (χ3v) is 4.15. The van der Waals surface area contributed by atoms with Crippen molar-refractivity contribution in [2.75, 3.05) is 6.54 Å². The zero-order valence-corrected chi connectivity index (χ0v) is 11.6. The SMILES string of the molecule is O=C(CCCNC1CCC(C(F)(F)F)CC1)NC1CC1. The topological polar surface area (TPSA) is 41.1 Å². The highest BCUT2D eigenvalue weighted by Crippen LogP contribution is 2.37. The number of halogens is 3. The molecule has 2 aliphatic carbocycles. The molecule has 3 nitrogen and oxygen atoms in total. The highest BCUT2D eigenvalue weighted by Gasteiger charge is 2.41. The summed E-state index contributed by atoms with van der Waals surface area (Å²) in [6.07, 6.45) is 1.01. The van der Waals surface area contributed by atoms with Crippen molar-refractivity contribution in [2.45, 2.75) is 69.6 Å². The number of carbonyl (C=O) groups excluding carboxylic acids is 1. The summed E-state index contributed by atoms with van der Waals surface area (Å²) in [5, 5.41) is 6.19. The lowest BCUT2D eigenvalue weighted by molar-refractivity contribution is -0.182. The van der Waals surface area contributed by atoms with Gasteiger partial charge >= 0.3 is 6.18 Å². The van der Waals surface area contributed by atoms with Crippen molar-refractivity contribution in [1.29, 1.82) is 0 Å². The van der Waals surface area contributed by atoms with Gasteiger partial charge in [0.1, 0.15) is 0 Å². The molecule has 6 heteroatoms. The van der Waals surface area contributed by atoms with Crippen molar-refractivity contribution in [3.05, 3.63) is 0 Å². The van der Waals surface area contributed by atoms with Crippen LogP contribution in [-0.4, -0.2) is 30.7 Å². The van der Waals surface area contributed by atoms with Gasteiger partial charge in [0.25, 0.3) is 0 Å². The van der Waals surface area contributed by atoms with Crippen LogP contribution in [0.5, 0.6) is 0 Å². The van der Waals surface area contributed by atoms with E-state index in [9.17, 15) is 18.0 Å². The molecule has 0 aromatic heterocycles. The number of nitrogens with one attached hydrogen (secondary N) is 2. The lowest BCUT2D eigenvalue weighted by Gasteiger charge is -2.30. The summed E-state index contributed by atoms with van der Waals surface area (Å²) in [6.45, 7) is 0.708. The zero-order valence-electron chi connectivity index (χ0n) is 11.6. The van der Waals surface area contributed by atoms with Crippen LogP contribution < -0.4 is 10.6 Å². The van der Waals surface area contributed by atoms with E-state index in [2.05, 4.69) is 10.6 Å². The first-order chi connectivity index (χ1) is 9.45. The molecule has 0 unspecified atom stereocenters. The molecule has 20 heavy (non-hydrogen) atoms. The Morgan fingerprint density at radius 3 is 2.15 bits per heavy atom. The summed E-state index contributed by atoms with van der Waals surface area (Å²) < 4.78 is 37.5. The maximum absolute atomic E-state index is 12.5. The van der Waals surface area contributed by atoms with Gasteiger partial charge in [-0.05, 0) is 51.5 Å². The van der Waals surface area contributed by atoms with Gasteiger partial charge in [0.2, 0.25) is 5.91 Å². The van der Waals surface area contributed by atoms with Gasteiger partial charge in [-0.25, -0.2) is 0 Å². The lowest BCUT2D eigenvalue weighted by atomic mass is 9.85. The van der Waals surface area contributed by atoms with Crippen molar-refractivity contribution in [1.82, 2.24) is 10.6 Å². The first-order valence-corrected chi connectivity index (χ1v) is 7.54. The Morgan fingerprint density at radius 2 is 1.60 bits per heavy atom. The van der Waals surface area contributed by atoms with Gasteiger partial charge in [-0.3, -0.25) is 4.79 Å². The van der Waals surface area contributed by atoms with Gasteiger partial charge in [0, 0.05) is 18.5 Å². The molecule has 0 aliphatic heterocycles. The molecule has 116 valence electrons. The summed E-state index contributed by atoms with van der Waals surface area (Å²) in [5.41, 5.74) is 0. The molecular formula is C14H23F3N2O. The van der Waals surface area contributed by atoms with Crippen LogP contribution in [-0.2, 0) is 4.79 Å². The van der Waals surface area contributed by atoms with E-state index in [1.165, 1.54) is 0 Å². The standard InChI is InChI=1S/C14H23F3N2O/c15-14(16,17)10-3-5-11(6-4-10)18-9-1-2-13(20)19-12-7-8-12/h10-12,18H,1-9H2,(H,19,20). The van der Waals surface area contributed by atoms with Gasteiger partial charge < -0.3 is 10.6 Å². The third kappa shape index (κ3) is 5.31. The minimum atomic E-state index is -4.04. The minimum Gasteiger partial charge on any atom is -0.353 e. The molecule has 2 aliphatic rings. The summed E-state index contributed by atoms with van der Waals surface area (Å²) in [4.78, 5) is 11.4. The van der Waals surface area contributed by atoms with Crippen molar-refractivity contribution in [2.24, 2.45) is 5.92 Å². The lowest BCUT2D eigenvalue weighted by Crippen LogP contribution is -2.37. The average Bonchev–Trinajstić information content (AvgIpc) is 3.18. The molecule has 0 saturated heterocycles. The van der Waals surface area contributed by atoms with Crippen molar-refractivity contribution in [3.63, 3.8) is 0 Å². The molecule has 2 saturated carbocycles. The van der Waals surface area contributed by atoms with E-state index >= 15 is 0 Å². The molecule has 0 aromatic rings. The van der Waals surface area contributed by atoms with E-state index in [1.807, 2.05) is 0 Å². The Kier molecular flexibility index (Phi) is 5.29. The van der Waals surface area contributed by atoms with Crippen LogP contribution in [0.15, 0.2) is 0 Å². The maximum Gasteiger partial charge on any atom is 0.391 e. The molecule has 0 heterocycles. The quantitative estimate of drug-likeness (QED) is 0.739. The van der Waals surface area contributed by atoms with Crippen LogP contribution in [0.4, 0.5) is 13.2 Å². The Morgan fingerprint density at radius 1 is 1.00 bits per heavy atom. The van der Waals surface area contributed by atoms with Gasteiger partial charge in [-0.1, -0.05) is 0 Å². The number of carbonyl (C=O) groups is 1. The van der Waals surface area contributed by atoms with Crippen LogP contribution in [0, 0.1) is 5.92 Å². The zero-order chi connectivity index (χ0) is 14.6. The van der Waals surface area contributed by atoms with E-state index < -0.39 is 12.1 Å². The summed E-state index contributed by atoms with van der Waals surface area (Å²) in [6, 6.07) is 0.577. The van der Waals surface area contributed by atoms with Crippen LogP contribution in [0.2, 0.25) is 0 Å². The van der Waals surface area contributed by atoms with Crippen molar-refractivity contribution >= 4 is 5.91 Å². The normalized spacial score (nSPS) is 27.4. The van der Waals surface area contributed by atoms with Gasteiger partial charge in [-0.15, -0.1) is 0 Å². The molecule has 1 amide bonds. The minimum absolute atomic E-state index is 0.0927. The van der Waals surface area contributed by atoms with Crippen LogP contribution >= 0.6 is 0 Å². The average molecular weight is 292 g/mol. The predicted molar refractivity (Wildman–Crippen MR) is 70.2 cm³/mol. The second kappa shape index (κ2) is 6.78. The van der Waals surface area contributed by atoms with Gasteiger partial charge in [0.15, 0.2) is 0 Å². The summed E-state index contributed by atoms with van der Waals surface area (Å²) in [5.74, 6) is -1.03. The van der Waals surface area contributed by atoms with Crippen molar-refractivity contribution < 1.29 is 18.0 Å². The van der Waals surface area contributed by atoms with E-state index in [0.717, 1.165) is 19.3 Å². The van der Waals surface area contributed by atoms with E-state index in [1.54, 1.807) is 0 Å². The largest absolute Gasteiger partial charge is 0.391 e. The molecule has 2 fully saturated rings. The van der Waals surface area contributed by atoms with E-state index in [0.29, 0.717) is 31.8 Å². The fraction of sp³-hybridized carbons (Fsp3) is 0.929. The Labute approximate surface area is 117 Å². The second-order valence-corrected chi connectivity index (χ2v) is 5.99. The third-order valence-electron chi connectivity index (χ3n) is 4.15. The summed E-state index contributed by atoms with van der Waals surface area (Å²) >= 11 is 0. The number of hydrogen-bond acceptors (Lipinski definition) is 2. The van der Waals surface area contributed by atoms with Crippen LogP contribution in [0.25, 0.3) is 0 Å². The Hall–Kier alpha value is -0.780. The molecule has 2 rings (SSSR count). The van der Waals surface area contributed by atoms with Gasteiger partial charge in [-0.2, -0.15) is 13.2 Å². The fourth-order valence-electron chi connectivity index (χ4n) is 2.71. The molecule has 0 atom stereocenters. The van der Waals surface area contributed by atoms with Gasteiger partial charge in [0.05, 0.1) is 5.92 Å². The molecule has 0 radical (unpaired) electrons. The second-order valence-electron chi connectivity index (χ2n) is 5.99. The Balaban J connectivity index is 1.51. The first kappa shape index (κ1) is 15.6. The monoisotopic (exact) mass is 292 g/mol. The summed E-state index contributed by atoms with van der Waals surface area (Å²) in [7, 11) is 0. The van der Waals surface area contributed by atoms with Crippen LogP contribution in [0.1, 0.15) is 51.4 Å². The first-order valence-electron chi connectivity index (χ1n) is 7.54. The Bertz CT molecular complexity index is 321. The maximum atomic E-state index is 12.5. The highest BCUT2D eigenvalue weighted by molar-refractivity contribution is 5.76. The number of alkyl halides is 3. The highest BCUT2D eigenvalue weighted by atomic mass is 19.4. The molecular weight excluding hydrogens is 269 g/mol. The number of rotatable bonds is 6. The van der Waals surface area contributed by atoms with E-state index in [4.69, 9.17) is 0 Å². The fourth-order valence-corrected chi connectivity index (χ4v) is 2.71. The predicted octanol–water partition coefficient (Wildman–Crippen LogP) is 2.76. The number of hydrogen-bond donors (Lipinski definition) is 2. The molecule has 0 spiro atoms. The molecule has 0 bridgehead atoms. The van der Waals surface area contributed by atoms with Crippen molar-refractivity contribution in [3.8, 4) is 0 Å². The smallest absolute Gasteiger partial charge is 0.353 e. The molecule has 0 aromatic carbocycles. The number of amides is 1. The molecule has 2 N–H and O–H groups in total. The van der Waals surface area contributed by atoms with Crippen LogP contribution in [0.3, 0.4) is 0 Å². The van der Waals surface area contributed by atoms with E-state index in [-0.39, 0.29) is 24.8 Å².